The maximum atomic E-state index is 12.6. The molecule has 1 aromatic carbocycles. The molecule has 9 nitrogen and oxygen atoms in total. The maximum absolute atomic E-state index is 12.6. The molecular weight excluding hydrogens is 406 g/mol. The zero-order valence-corrected chi connectivity index (χ0v) is 18.9. The van der Waals surface area contributed by atoms with E-state index in [0.29, 0.717) is 32.7 Å². The van der Waals surface area contributed by atoms with Crippen molar-refractivity contribution >= 4 is 22.1 Å². The Bertz CT molecular complexity index is 791. The third-order valence-corrected chi connectivity index (χ3v) is 7.36. The molecule has 1 aliphatic heterocycles. The van der Waals surface area contributed by atoms with Gasteiger partial charge >= 0.3 is 6.03 Å². The number of nitrogens with zero attached hydrogens (tertiary/aromatic N) is 4. The molecule has 1 N–H and O–H groups in total. The smallest absolute Gasteiger partial charge is 0.317 e. The first-order chi connectivity index (χ1) is 14.3. The molecule has 30 heavy (non-hydrogen) atoms. The lowest BCUT2D eigenvalue weighted by molar-refractivity contribution is -0.132. The van der Waals surface area contributed by atoms with Gasteiger partial charge < -0.3 is 15.1 Å². The van der Waals surface area contributed by atoms with E-state index in [1.165, 1.54) is 8.61 Å². The molecule has 168 valence electrons. The van der Waals surface area contributed by atoms with Crippen LogP contribution in [0, 0.1) is 0 Å². The van der Waals surface area contributed by atoms with E-state index in [1.807, 2.05) is 44.2 Å². The minimum atomic E-state index is -3.47. The second kappa shape index (κ2) is 11.3. The van der Waals surface area contributed by atoms with E-state index >= 15 is 0 Å². The Hall–Kier alpha value is -2.17. The second-order valence-corrected chi connectivity index (χ2v) is 9.12. The number of rotatable bonds is 9. The zero-order valence-electron chi connectivity index (χ0n) is 18.1. The van der Waals surface area contributed by atoms with E-state index in [2.05, 4.69) is 5.32 Å². The van der Waals surface area contributed by atoms with Crippen LogP contribution in [0.25, 0.3) is 0 Å². The molecule has 2 rings (SSSR count). The van der Waals surface area contributed by atoms with Gasteiger partial charge in [-0.2, -0.15) is 17.0 Å². The molecule has 1 aromatic rings. The molecule has 0 spiro atoms. The van der Waals surface area contributed by atoms with Crippen molar-refractivity contribution in [2.24, 2.45) is 0 Å². The highest BCUT2D eigenvalue weighted by Gasteiger charge is 2.31. The van der Waals surface area contributed by atoms with Crippen LogP contribution < -0.4 is 5.32 Å². The van der Waals surface area contributed by atoms with Crippen LogP contribution in [0.2, 0.25) is 0 Å². The topological polar surface area (TPSA) is 93.3 Å². The second-order valence-electron chi connectivity index (χ2n) is 7.20. The van der Waals surface area contributed by atoms with Crippen molar-refractivity contribution < 1.29 is 18.0 Å². The van der Waals surface area contributed by atoms with E-state index in [4.69, 9.17) is 0 Å². The molecule has 1 saturated heterocycles. The molecule has 10 heteroatoms. The van der Waals surface area contributed by atoms with Gasteiger partial charge in [0.1, 0.15) is 0 Å². The fourth-order valence-electron chi connectivity index (χ4n) is 3.38. The average Bonchev–Trinajstić information content (AvgIpc) is 2.75. The van der Waals surface area contributed by atoms with Gasteiger partial charge in [0.05, 0.1) is 0 Å². The standard InChI is InChI=1S/C20H33N5O4S/c1-4-24(5-2)30(28,29)25-15-13-23(14-16-25)19(26)11-12-21-20(27)22(3)17-18-9-7-6-8-10-18/h6-10H,4-5,11-17H2,1-3H3,(H,21,27). The highest BCUT2D eigenvalue weighted by molar-refractivity contribution is 7.86. The summed E-state index contributed by atoms with van der Waals surface area (Å²) >= 11 is 0. The first-order valence-electron chi connectivity index (χ1n) is 10.4. The summed E-state index contributed by atoms with van der Waals surface area (Å²) in [6.45, 7) is 6.51. The van der Waals surface area contributed by atoms with Gasteiger partial charge in [-0.05, 0) is 5.56 Å². The van der Waals surface area contributed by atoms with E-state index in [0.717, 1.165) is 5.56 Å². The lowest BCUT2D eigenvalue weighted by Gasteiger charge is -2.36. The molecule has 0 radical (unpaired) electrons. The lowest BCUT2D eigenvalue weighted by atomic mass is 10.2. The summed E-state index contributed by atoms with van der Waals surface area (Å²) in [7, 11) is -1.76. The summed E-state index contributed by atoms with van der Waals surface area (Å²) in [5, 5.41) is 2.76. The van der Waals surface area contributed by atoms with Crippen molar-refractivity contribution in [1.29, 1.82) is 0 Å². The highest BCUT2D eigenvalue weighted by Crippen LogP contribution is 2.12. The van der Waals surface area contributed by atoms with Gasteiger partial charge in [-0.3, -0.25) is 4.79 Å². The van der Waals surface area contributed by atoms with Gasteiger partial charge in [0.15, 0.2) is 0 Å². The van der Waals surface area contributed by atoms with Gasteiger partial charge in [-0.25, -0.2) is 4.79 Å². The zero-order chi connectivity index (χ0) is 22.1. The summed E-state index contributed by atoms with van der Waals surface area (Å²) < 4.78 is 28.0. The average molecular weight is 440 g/mol. The van der Waals surface area contributed by atoms with Crippen molar-refractivity contribution in [2.45, 2.75) is 26.8 Å². The molecule has 0 atom stereocenters. The van der Waals surface area contributed by atoms with Crippen LogP contribution in [0.1, 0.15) is 25.8 Å². The van der Waals surface area contributed by atoms with Gasteiger partial charge in [0.25, 0.3) is 10.2 Å². The molecule has 0 aliphatic carbocycles. The number of piperazine rings is 1. The molecule has 0 bridgehead atoms. The predicted octanol–water partition coefficient (Wildman–Crippen LogP) is 0.949. The van der Waals surface area contributed by atoms with E-state index in [1.54, 1.807) is 16.8 Å². The Balaban J connectivity index is 1.73. The predicted molar refractivity (Wildman–Crippen MR) is 116 cm³/mol. The van der Waals surface area contributed by atoms with Crippen LogP contribution in [0.15, 0.2) is 30.3 Å². The Labute approximate surface area is 179 Å². The van der Waals surface area contributed by atoms with E-state index in [9.17, 15) is 18.0 Å². The van der Waals surface area contributed by atoms with Crippen LogP contribution >= 0.6 is 0 Å². The van der Waals surface area contributed by atoms with Crippen LogP contribution in [-0.2, 0) is 21.5 Å². The third-order valence-electron chi connectivity index (χ3n) is 5.17. The van der Waals surface area contributed by atoms with Crippen molar-refractivity contribution in [3.8, 4) is 0 Å². The van der Waals surface area contributed by atoms with Gasteiger partial charge in [-0.1, -0.05) is 44.2 Å². The van der Waals surface area contributed by atoms with Gasteiger partial charge in [-0.15, -0.1) is 0 Å². The molecular formula is C20H33N5O4S. The largest absolute Gasteiger partial charge is 0.340 e. The molecule has 1 heterocycles. The van der Waals surface area contributed by atoms with Crippen LogP contribution in [0.5, 0.6) is 0 Å². The van der Waals surface area contributed by atoms with Crippen molar-refractivity contribution in [3.05, 3.63) is 35.9 Å². The number of hydrogen-bond acceptors (Lipinski definition) is 4. The fraction of sp³-hybridized carbons (Fsp3) is 0.600. The monoisotopic (exact) mass is 439 g/mol. The van der Waals surface area contributed by atoms with Crippen molar-refractivity contribution in [3.63, 3.8) is 0 Å². The molecule has 3 amide bonds. The number of benzene rings is 1. The normalized spacial score (nSPS) is 15.3. The molecule has 1 aliphatic rings. The van der Waals surface area contributed by atoms with E-state index in [-0.39, 0.29) is 38.0 Å². The number of amides is 3. The van der Waals surface area contributed by atoms with Crippen molar-refractivity contribution in [1.82, 2.24) is 23.7 Å². The SMILES string of the molecule is CCN(CC)S(=O)(=O)N1CCN(C(=O)CCNC(=O)N(C)Cc2ccccc2)CC1. The molecule has 0 unspecified atom stereocenters. The number of carbonyl (C=O) groups excluding carboxylic acids is 2. The summed E-state index contributed by atoms with van der Waals surface area (Å²) in [4.78, 5) is 27.8. The van der Waals surface area contributed by atoms with Gasteiger partial charge in [0.2, 0.25) is 5.91 Å². The molecule has 0 aromatic heterocycles. The Morgan fingerprint density at radius 1 is 1.03 bits per heavy atom. The van der Waals surface area contributed by atoms with Crippen LogP contribution in [0.3, 0.4) is 0 Å². The first-order valence-corrected chi connectivity index (χ1v) is 11.7. The molecule has 0 saturated carbocycles. The Kier molecular flexibility index (Phi) is 9.07. The number of nitrogens with one attached hydrogen (secondary N) is 1. The molecule has 1 fully saturated rings. The summed E-state index contributed by atoms with van der Waals surface area (Å²) in [6, 6.07) is 9.44. The third kappa shape index (κ3) is 6.41. The number of hydrogen-bond donors (Lipinski definition) is 1. The Morgan fingerprint density at radius 2 is 1.63 bits per heavy atom. The first kappa shape index (κ1) is 24.1. The summed E-state index contributed by atoms with van der Waals surface area (Å²) in [5.41, 5.74) is 1.03. The summed E-state index contributed by atoms with van der Waals surface area (Å²) in [6.07, 6.45) is 0.188. The quantitative estimate of drug-likeness (QED) is 0.620. The van der Waals surface area contributed by atoms with Crippen LogP contribution in [0.4, 0.5) is 4.79 Å². The van der Waals surface area contributed by atoms with Crippen molar-refractivity contribution in [2.75, 3.05) is 52.9 Å². The number of carbonyl (C=O) groups is 2. The van der Waals surface area contributed by atoms with E-state index < -0.39 is 10.2 Å². The fourth-order valence-corrected chi connectivity index (χ4v) is 4.98. The van der Waals surface area contributed by atoms with Gasteiger partial charge in [0, 0.05) is 65.8 Å². The maximum Gasteiger partial charge on any atom is 0.317 e. The van der Waals surface area contributed by atoms with Crippen LogP contribution in [-0.4, -0.2) is 91.6 Å². The lowest BCUT2D eigenvalue weighted by Crippen LogP contribution is -2.54. The minimum absolute atomic E-state index is 0.0825. The minimum Gasteiger partial charge on any atom is -0.340 e. The summed E-state index contributed by atoms with van der Waals surface area (Å²) in [5.74, 6) is -0.0825. The number of urea groups is 1. The highest BCUT2D eigenvalue weighted by atomic mass is 32.2. The Morgan fingerprint density at radius 3 is 2.20 bits per heavy atom.